The zero-order chi connectivity index (χ0) is 23.3. The van der Waals surface area contributed by atoms with Gasteiger partial charge in [-0.25, -0.2) is 4.39 Å². The van der Waals surface area contributed by atoms with Crippen LogP contribution in [0.5, 0.6) is 0 Å². The van der Waals surface area contributed by atoms with E-state index in [4.69, 9.17) is 16.3 Å². The van der Waals surface area contributed by atoms with E-state index >= 15 is 0 Å². The lowest BCUT2D eigenvalue weighted by atomic mass is 10.0. The van der Waals surface area contributed by atoms with Gasteiger partial charge in [-0.15, -0.1) is 11.8 Å². The van der Waals surface area contributed by atoms with E-state index in [1.165, 1.54) is 30.0 Å². The zero-order valence-electron chi connectivity index (χ0n) is 17.8. The number of non-ortho nitro benzene ring substituents is 1. The zero-order valence-corrected chi connectivity index (χ0v) is 19.4. The molecule has 0 spiro atoms. The van der Waals surface area contributed by atoms with Crippen LogP contribution < -0.4 is 5.32 Å². The summed E-state index contributed by atoms with van der Waals surface area (Å²) in [5.41, 5.74) is 0.357. The Morgan fingerprint density at radius 2 is 2.09 bits per heavy atom. The van der Waals surface area contributed by atoms with E-state index in [1.807, 2.05) is 6.92 Å². The Kier molecular flexibility index (Phi) is 8.47. The van der Waals surface area contributed by atoms with E-state index in [0.717, 1.165) is 4.90 Å². The number of hydrogen-bond donors (Lipinski definition) is 1. The highest BCUT2D eigenvalue weighted by molar-refractivity contribution is 8.00. The van der Waals surface area contributed by atoms with Crippen molar-refractivity contribution in [2.24, 2.45) is 0 Å². The van der Waals surface area contributed by atoms with Gasteiger partial charge in [0.1, 0.15) is 5.82 Å². The van der Waals surface area contributed by atoms with Crippen LogP contribution in [0.15, 0.2) is 47.4 Å². The molecule has 3 rings (SSSR count). The van der Waals surface area contributed by atoms with Gasteiger partial charge in [0.05, 0.1) is 28.9 Å². The monoisotopic (exact) mass is 481 g/mol. The standard InChI is InChI=1S/C22H25ClFN3O4S/c1-14-13-26(10-11-31-14)20(21-18(23)4-3-5-19(21)24)12-25-22(28)15(2)32-17-8-6-16(7-9-17)27(29)30/h3-9,14-15,20H,10-13H2,1-2H3,(H,25,28). The van der Waals surface area contributed by atoms with E-state index in [0.29, 0.717) is 30.3 Å². The summed E-state index contributed by atoms with van der Waals surface area (Å²) in [7, 11) is 0. The lowest BCUT2D eigenvalue weighted by Crippen LogP contribution is -2.47. The van der Waals surface area contributed by atoms with Gasteiger partial charge in [0.15, 0.2) is 0 Å². The first kappa shape index (κ1) is 24.4. The van der Waals surface area contributed by atoms with Gasteiger partial charge in [0.2, 0.25) is 5.91 Å². The van der Waals surface area contributed by atoms with Gasteiger partial charge in [0, 0.05) is 47.2 Å². The molecule has 3 unspecified atom stereocenters. The number of rotatable bonds is 8. The number of ether oxygens (including phenoxy) is 1. The summed E-state index contributed by atoms with van der Waals surface area (Å²) < 4.78 is 20.3. The molecule has 0 saturated carbocycles. The first-order valence-electron chi connectivity index (χ1n) is 10.2. The second-order valence-corrected chi connectivity index (χ2v) is 9.41. The van der Waals surface area contributed by atoms with Crippen molar-refractivity contribution in [3.63, 3.8) is 0 Å². The van der Waals surface area contributed by atoms with Crippen molar-refractivity contribution >= 4 is 35.0 Å². The number of nitrogens with zero attached hydrogens (tertiary/aromatic N) is 2. The maximum Gasteiger partial charge on any atom is 0.269 e. The van der Waals surface area contributed by atoms with E-state index in [-0.39, 0.29) is 24.2 Å². The molecule has 172 valence electrons. The number of hydrogen-bond acceptors (Lipinski definition) is 6. The molecule has 0 aromatic heterocycles. The summed E-state index contributed by atoms with van der Waals surface area (Å²) in [6.07, 6.45) is -0.0101. The Hall–Kier alpha value is -2.20. The fourth-order valence-electron chi connectivity index (χ4n) is 3.62. The van der Waals surface area contributed by atoms with Crippen LogP contribution in [-0.2, 0) is 9.53 Å². The third kappa shape index (κ3) is 6.19. The van der Waals surface area contributed by atoms with Crippen LogP contribution in [0.1, 0.15) is 25.5 Å². The average molecular weight is 482 g/mol. The number of halogens is 2. The van der Waals surface area contributed by atoms with Gasteiger partial charge in [-0.3, -0.25) is 19.8 Å². The fourth-order valence-corrected chi connectivity index (χ4v) is 4.80. The Morgan fingerprint density at radius 1 is 1.38 bits per heavy atom. The summed E-state index contributed by atoms with van der Waals surface area (Å²) in [5.74, 6) is -0.628. The first-order chi connectivity index (χ1) is 15.3. The fraction of sp³-hybridized carbons (Fsp3) is 0.409. The first-order valence-corrected chi connectivity index (χ1v) is 11.5. The van der Waals surface area contributed by atoms with Crippen molar-refractivity contribution in [1.29, 1.82) is 0 Å². The van der Waals surface area contributed by atoms with Gasteiger partial charge in [-0.05, 0) is 38.1 Å². The van der Waals surface area contributed by atoms with Crippen molar-refractivity contribution in [3.05, 3.63) is 69.0 Å². The molecule has 1 heterocycles. The second kappa shape index (κ2) is 11.1. The number of benzene rings is 2. The Labute approximate surface area is 195 Å². The van der Waals surface area contributed by atoms with Gasteiger partial charge >= 0.3 is 0 Å². The van der Waals surface area contributed by atoms with Crippen molar-refractivity contribution in [2.45, 2.75) is 36.1 Å². The number of thioether (sulfide) groups is 1. The van der Waals surface area contributed by atoms with Crippen LogP contribution in [0.3, 0.4) is 0 Å². The Balaban J connectivity index is 1.69. The van der Waals surface area contributed by atoms with Gasteiger partial charge in [0.25, 0.3) is 5.69 Å². The highest BCUT2D eigenvalue weighted by atomic mass is 35.5. The lowest BCUT2D eigenvalue weighted by molar-refractivity contribution is -0.384. The molecule has 2 aromatic rings. The molecule has 1 saturated heterocycles. The molecule has 32 heavy (non-hydrogen) atoms. The van der Waals surface area contributed by atoms with Crippen molar-refractivity contribution in [3.8, 4) is 0 Å². The molecular formula is C22H25ClFN3O4S. The number of nitro groups is 1. The van der Waals surface area contributed by atoms with Crippen LogP contribution in [-0.4, -0.2) is 53.3 Å². The SMILES string of the molecule is CC1CN(C(CNC(=O)C(C)Sc2ccc([N+](=O)[O-])cc2)c2c(F)cccc2Cl)CCO1. The van der Waals surface area contributed by atoms with Crippen molar-refractivity contribution in [2.75, 3.05) is 26.2 Å². The van der Waals surface area contributed by atoms with E-state index in [2.05, 4.69) is 10.2 Å². The molecule has 0 aliphatic carbocycles. The summed E-state index contributed by atoms with van der Waals surface area (Å²) in [5, 5.41) is 13.6. The third-order valence-electron chi connectivity index (χ3n) is 5.25. The molecule has 2 aromatic carbocycles. The minimum atomic E-state index is -0.467. The van der Waals surface area contributed by atoms with Gasteiger partial charge in [-0.1, -0.05) is 17.7 Å². The predicted octanol–water partition coefficient (Wildman–Crippen LogP) is 4.45. The highest BCUT2D eigenvalue weighted by Gasteiger charge is 2.30. The molecule has 3 atom stereocenters. The molecule has 7 nitrogen and oxygen atoms in total. The summed E-state index contributed by atoms with van der Waals surface area (Å²) in [4.78, 5) is 25.9. The van der Waals surface area contributed by atoms with Crippen molar-refractivity contribution < 1.29 is 18.8 Å². The van der Waals surface area contributed by atoms with Crippen molar-refractivity contribution in [1.82, 2.24) is 10.2 Å². The van der Waals surface area contributed by atoms with Crippen LogP contribution in [0.2, 0.25) is 5.02 Å². The van der Waals surface area contributed by atoms with Gasteiger partial charge < -0.3 is 10.1 Å². The Bertz CT molecular complexity index is 942. The van der Waals surface area contributed by atoms with Crippen LogP contribution in [0, 0.1) is 15.9 Å². The summed E-state index contributed by atoms with van der Waals surface area (Å²) in [6.45, 7) is 5.61. The number of morpholine rings is 1. The number of nitro benzene ring substituents is 1. The molecule has 1 fully saturated rings. The Morgan fingerprint density at radius 3 is 2.72 bits per heavy atom. The second-order valence-electron chi connectivity index (χ2n) is 7.58. The molecule has 10 heteroatoms. The number of carbonyl (C=O) groups is 1. The topological polar surface area (TPSA) is 84.7 Å². The molecule has 0 radical (unpaired) electrons. The van der Waals surface area contributed by atoms with Crippen LogP contribution >= 0.6 is 23.4 Å². The van der Waals surface area contributed by atoms with E-state index in [9.17, 15) is 19.3 Å². The molecular weight excluding hydrogens is 457 g/mol. The summed E-state index contributed by atoms with van der Waals surface area (Å²) in [6, 6.07) is 10.2. The number of nitrogens with one attached hydrogen (secondary N) is 1. The lowest BCUT2D eigenvalue weighted by Gasteiger charge is -2.38. The molecule has 1 amide bonds. The highest BCUT2D eigenvalue weighted by Crippen LogP contribution is 2.31. The minimum absolute atomic E-state index is 0.00389. The normalized spacial score (nSPS) is 18.7. The van der Waals surface area contributed by atoms with Gasteiger partial charge in [-0.2, -0.15) is 0 Å². The summed E-state index contributed by atoms with van der Waals surface area (Å²) >= 11 is 7.63. The molecule has 1 N–H and O–H groups in total. The minimum Gasteiger partial charge on any atom is -0.376 e. The van der Waals surface area contributed by atoms with E-state index < -0.39 is 22.0 Å². The molecule has 1 aliphatic rings. The van der Waals surface area contributed by atoms with Crippen LogP contribution in [0.25, 0.3) is 0 Å². The maximum absolute atomic E-state index is 14.7. The number of carbonyl (C=O) groups excluding carboxylic acids is 1. The van der Waals surface area contributed by atoms with Crippen LogP contribution in [0.4, 0.5) is 10.1 Å². The largest absolute Gasteiger partial charge is 0.376 e. The molecule has 0 bridgehead atoms. The van der Waals surface area contributed by atoms with E-state index in [1.54, 1.807) is 31.2 Å². The predicted molar refractivity (Wildman–Crippen MR) is 123 cm³/mol. The molecule has 1 aliphatic heterocycles. The number of amides is 1. The third-order valence-corrected chi connectivity index (χ3v) is 6.69. The average Bonchev–Trinajstić information content (AvgIpc) is 2.75. The maximum atomic E-state index is 14.7. The quantitative estimate of drug-likeness (QED) is 0.341. The smallest absolute Gasteiger partial charge is 0.269 e.